The van der Waals surface area contributed by atoms with E-state index in [4.69, 9.17) is 39.5 Å². The first-order valence-electron chi connectivity index (χ1n) is 5.90. The normalized spacial score (nSPS) is 12.3. The van der Waals surface area contributed by atoms with E-state index in [1.165, 1.54) is 0 Å². The number of hydrogen-bond donors (Lipinski definition) is 1. The van der Waals surface area contributed by atoms with E-state index in [1.54, 1.807) is 20.8 Å². The van der Waals surface area contributed by atoms with Crippen molar-refractivity contribution in [2.24, 2.45) is 5.92 Å². The van der Waals surface area contributed by atoms with Crippen LogP contribution in [0.1, 0.15) is 30.4 Å². The fraction of sp³-hybridized carbons (Fsp3) is 0.500. The first kappa shape index (κ1) is 17.6. The molecule has 20 heavy (non-hydrogen) atoms. The number of halogens is 3. The zero-order chi connectivity index (χ0) is 15.4. The van der Waals surface area contributed by atoms with Crippen LogP contribution in [0.3, 0.4) is 0 Å². The highest BCUT2D eigenvalue weighted by molar-refractivity contribution is 7.19. The van der Waals surface area contributed by atoms with Crippen LogP contribution in [0.5, 0.6) is 0 Å². The summed E-state index contributed by atoms with van der Waals surface area (Å²) >= 11 is 18.5. The molecule has 1 aromatic heterocycles. The summed E-state index contributed by atoms with van der Waals surface area (Å²) in [6, 6.07) is -0.752. The molecule has 0 aliphatic heterocycles. The number of amides is 1. The van der Waals surface area contributed by atoms with Gasteiger partial charge in [-0.2, -0.15) is 0 Å². The third-order valence-electron chi connectivity index (χ3n) is 2.46. The van der Waals surface area contributed by atoms with Gasteiger partial charge in [0.2, 0.25) is 0 Å². The first-order valence-corrected chi connectivity index (χ1v) is 7.85. The fourth-order valence-electron chi connectivity index (χ4n) is 1.45. The van der Waals surface area contributed by atoms with Gasteiger partial charge in [0, 0.05) is 0 Å². The average Bonchev–Trinajstić information content (AvgIpc) is 2.63. The van der Waals surface area contributed by atoms with Gasteiger partial charge in [-0.1, -0.05) is 48.7 Å². The lowest BCUT2D eigenvalue weighted by atomic mass is 10.0. The predicted octanol–water partition coefficient (Wildman–Crippen LogP) is 4.03. The molecule has 0 aliphatic carbocycles. The molecule has 8 heteroatoms. The topological polar surface area (TPSA) is 55.4 Å². The lowest BCUT2D eigenvalue weighted by molar-refractivity contribution is -0.146. The highest BCUT2D eigenvalue weighted by Gasteiger charge is 2.28. The molecule has 0 spiro atoms. The number of nitrogens with one attached hydrogen (secondary N) is 1. The molecule has 1 amide bonds. The Morgan fingerprint density at radius 3 is 2.25 bits per heavy atom. The number of carbonyl (C=O) groups is 2. The van der Waals surface area contributed by atoms with E-state index in [0.717, 1.165) is 11.3 Å². The Kier molecular flexibility index (Phi) is 6.58. The van der Waals surface area contributed by atoms with Gasteiger partial charge in [-0.05, 0) is 12.8 Å². The van der Waals surface area contributed by atoms with Crippen LogP contribution in [0.15, 0.2) is 0 Å². The second kappa shape index (κ2) is 7.50. The average molecular weight is 359 g/mol. The molecule has 1 rings (SSSR count). The van der Waals surface area contributed by atoms with E-state index >= 15 is 0 Å². The molecule has 0 aromatic carbocycles. The molecule has 0 aliphatic rings. The van der Waals surface area contributed by atoms with Gasteiger partial charge in [-0.15, -0.1) is 11.3 Å². The Morgan fingerprint density at radius 2 is 1.85 bits per heavy atom. The van der Waals surface area contributed by atoms with Gasteiger partial charge in [0.1, 0.15) is 15.3 Å². The summed E-state index contributed by atoms with van der Waals surface area (Å²) < 4.78 is 5.16. The second-order valence-corrected chi connectivity index (χ2v) is 6.66. The van der Waals surface area contributed by atoms with Crippen LogP contribution in [0.4, 0.5) is 0 Å². The summed E-state index contributed by atoms with van der Waals surface area (Å²) in [6.45, 7) is 5.55. The molecule has 1 aromatic rings. The van der Waals surface area contributed by atoms with Gasteiger partial charge in [-0.25, -0.2) is 4.79 Å². The SMILES string of the molecule is CCOC(=O)C(NC(=O)c1sc(Cl)c(Cl)c1Cl)C(C)C. The third kappa shape index (κ3) is 4.01. The highest BCUT2D eigenvalue weighted by atomic mass is 35.5. The molecular formula is C12H14Cl3NO3S. The van der Waals surface area contributed by atoms with Gasteiger partial charge in [0.05, 0.1) is 16.7 Å². The highest BCUT2D eigenvalue weighted by Crippen LogP contribution is 2.40. The minimum atomic E-state index is -0.752. The maximum absolute atomic E-state index is 12.1. The van der Waals surface area contributed by atoms with Crippen molar-refractivity contribution in [3.05, 3.63) is 19.3 Å². The summed E-state index contributed by atoms with van der Waals surface area (Å²) in [4.78, 5) is 24.1. The van der Waals surface area contributed by atoms with Crippen LogP contribution < -0.4 is 5.32 Å². The lowest BCUT2D eigenvalue weighted by Gasteiger charge is -2.20. The van der Waals surface area contributed by atoms with Crippen LogP contribution >= 0.6 is 46.1 Å². The summed E-state index contributed by atoms with van der Waals surface area (Å²) in [5, 5.41) is 2.82. The zero-order valence-electron chi connectivity index (χ0n) is 11.1. The van der Waals surface area contributed by atoms with E-state index in [0.29, 0.717) is 0 Å². The summed E-state index contributed by atoms with van der Waals surface area (Å²) in [7, 11) is 0. The molecule has 4 nitrogen and oxygen atoms in total. The van der Waals surface area contributed by atoms with Crippen molar-refractivity contribution in [2.75, 3.05) is 6.61 Å². The number of hydrogen-bond acceptors (Lipinski definition) is 4. The van der Waals surface area contributed by atoms with Crippen LogP contribution in [0, 0.1) is 5.92 Å². The molecule has 112 valence electrons. The molecule has 0 bridgehead atoms. The first-order chi connectivity index (χ1) is 9.29. The zero-order valence-corrected chi connectivity index (χ0v) is 14.2. The Morgan fingerprint density at radius 1 is 1.25 bits per heavy atom. The minimum Gasteiger partial charge on any atom is -0.464 e. The van der Waals surface area contributed by atoms with Crippen molar-refractivity contribution in [2.45, 2.75) is 26.8 Å². The standard InChI is InChI=1S/C12H14Cl3NO3S/c1-4-19-12(18)8(5(2)3)16-11(17)9-6(13)7(14)10(15)20-9/h5,8H,4H2,1-3H3,(H,16,17). The molecule has 1 N–H and O–H groups in total. The number of thiophene rings is 1. The summed E-state index contributed by atoms with van der Waals surface area (Å²) in [5.74, 6) is -1.11. The number of carbonyl (C=O) groups excluding carboxylic acids is 2. The van der Waals surface area contributed by atoms with Gasteiger partial charge in [0.25, 0.3) is 5.91 Å². The van der Waals surface area contributed by atoms with E-state index in [-0.39, 0.29) is 31.8 Å². The van der Waals surface area contributed by atoms with Crippen molar-refractivity contribution in [3.63, 3.8) is 0 Å². The summed E-state index contributed by atoms with van der Waals surface area (Å²) in [6.07, 6.45) is 0. The Labute approximate surface area is 136 Å². The van der Waals surface area contributed by atoms with E-state index in [2.05, 4.69) is 5.32 Å². The maximum Gasteiger partial charge on any atom is 0.328 e. The Balaban J connectivity index is 2.91. The van der Waals surface area contributed by atoms with Crippen LogP contribution in [0.2, 0.25) is 14.4 Å². The quantitative estimate of drug-likeness (QED) is 0.809. The van der Waals surface area contributed by atoms with Crippen LogP contribution in [0.25, 0.3) is 0 Å². The molecule has 0 fully saturated rings. The van der Waals surface area contributed by atoms with Crippen LogP contribution in [-0.4, -0.2) is 24.5 Å². The smallest absolute Gasteiger partial charge is 0.328 e. The largest absolute Gasteiger partial charge is 0.464 e. The summed E-state index contributed by atoms with van der Waals surface area (Å²) in [5.41, 5.74) is 0. The van der Waals surface area contributed by atoms with E-state index in [1.807, 2.05) is 0 Å². The van der Waals surface area contributed by atoms with Gasteiger partial charge >= 0.3 is 5.97 Å². The van der Waals surface area contributed by atoms with Crippen molar-refractivity contribution in [1.29, 1.82) is 0 Å². The fourth-order valence-corrected chi connectivity index (χ4v) is 3.15. The van der Waals surface area contributed by atoms with E-state index < -0.39 is 17.9 Å². The van der Waals surface area contributed by atoms with Crippen molar-refractivity contribution in [1.82, 2.24) is 5.32 Å². The lowest BCUT2D eigenvalue weighted by Crippen LogP contribution is -2.45. The Bertz CT molecular complexity index is 516. The number of ether oxygens (including phenoxy) is 1. The van der Waals surface area contributed by atoms with Crippen molar-refractivity contribution in [3.8, 4) is 0 Å². The van der Waals surface area contributed by atoms with E-state index in [9.17, 15) is 9.59 Å². The molecule has 1 heterocycles. The molecule has 0 saturated carbocycles. The molecule has 0 saturated heterocycles. The molecule has 0 radical (unpaired) electrons. The van der Waals surface area contributed by atoms with Gasteiger partial charge in [0.15, 0.2) is 0 Å². The third-order valence-corrected chi connectivity index (χ3v) is 5.03. The van der Waals surface area contributed by atoms with Crippen molar-refractivity contribution >= 4 is 58.0 Å². The van der Waals surface area contributed by atoms with Gasteiger partial charge < -0.3 is 10.1 Å². The molecule has 1 unspecified atom stereocenters. The molecule has 1 atom stereocenters. The molecular weight excluding hydrogens is 345 g/mol. The van der Waals surface area contributed by atoms with Crippen molar-refractivity contribution < 1.29 is 14.3 Å². The van der Waals surface area contributed by atoms with Crippen LogP contribution in [-0.2, 0) is 9.53 Å². The minimum absolute atomic E-state index is 0.0885. The Hall–Kier alpha value is -0.490. The van der Waals surface area contributed by atoms with Gasteiger partial charge in [-0.3, -0.25) is 4.79 Å². The second-order valence-electron chi connectivity index (χ2n) is 4.28. The number of rotatable bonds is 5. The maximum atomic E-state index is 12.1. The number of esters is 1. The predicted molar refractivity (Wildman–Crippen MR) is 82.1 cm³/mol. The monoisotopic (exact) mass is 357 g/mol.